The predicted molar refractivity (Wildman–Crippen MR) is 111 cm³/mol. The number of aromatic carboxylic acids is 1. The molecule has 3 aromatic carbocycles. The molecule has 3 aromatic rings. The molecule has 5 rings (SSSR count). The molecule has 0 radical (unpaired) electrons. The number of rotatable bonds is 2. The summed E-state index contributed by atoms with van der Waals surface area (Å²) in [6.07, 6.45) is 1.00. The van der Waals surface area contributed by atoms with Gasteiger partial charge in [0.05, 0.1) is 17.3 Å². The maximum Gasteiger partial charge on any atom is 0.337 e. The monoisotopic (exact) mass is 369 g/mol. The van der Waals surface area contributed by atoms with E-state index >= 15 is 0 Å². The first-order valence-corrected chi connectivity index (χ1v) is 9.82. The quantitative estimate of drug-likeness (QED) is 0.629. The van der Waals surface area contributed by atoms with Gasteiger partial charge in [0, 0.05) is 5.92 Å². The van der Waals surface area contributed by atoms with Gasteiger partial charge in [-0.1, -0.05) is 60.2 Å². The van der Waals surface area contributed by atoms with Gasteiger partial charge in [0.1, 0.15) is 0 Å². The highest BCUT2D eigenvalue weighted by atomic mass is 16.4. The van der Waals surface area contributed by atoms with E-state index in [4.69, 9.17) is 0 Å². The van der Waals surface area contributed by atoms with E-state index < -0.39 is 5.97 Å². The van der Waals surface area contributed by atoms with Crippen LogP contribution >= 0.6 is 0 Å². The van der Waals surface area contributed by atoms with Gasteiger partial charge in [-0.3, -0.25) is 0 Å². The fourth-order valence-corrected chi connectivity index (χ4v) is 5.17. The van der Waals surface area contributed by atoms with Crippen LogP contribution in [0.2, 0.25) is 0 Å². The van der Waals surface area contributed by atoms with Crippen LogP contribution in [0.1, 0.15) is 55.7 Å². The number of hydrogen-bond donors (Lipinski definition) is 2. The van der Waals surface area contributed by atoms with E-state index in [2.05, 4.69) is 67.7 Å². The topological polar surface area (TPSA) is 49.3 Å². The standard InChI is InChI=1S/C25H23NO2/c1-14-10-11-15(2)20(12-14)24-21-13-16-6-3-4-7-17(16)22(21)18-8-5-9-19(25(27)28)23(18)26-24/h3-12,21-22,24,26H,13H2,1-2H3,(H,27,28)/t21-,22+,24-/m0/s1. The second kappa shape index (κ2) is 6.23. The number of aryl methyl sites for hydroxylation is 2. The van der Waals surface area contributed by atoms with Crippen molar-refractivity contribution in [3.63, 3.8) is 0 Å². The molecule has 0 bridgehead atoms. The van der Waals surface area contributed by atoms with Crippen LogP contribution in [0.15, 0.2) is 60.7 Å². The van der Waals surface area contributed by atoms with Crippen LogP contribution < -0.4 is 5.32 Å². The highest BCUT2D eigenvalue weighted by Gasteiger charge is 2.44. The molecule has 0 saturated heterocycles. The van der Waals surface area contributed by atoms with E-state index in [-0.39, 0.29) is 12.0 Å². The van der Waals surface area contributed by atoms with Gasteiger partial charge in [0.2, 0.25) is 0 Å². The largest absolute Gasteiger partial charge is 0.478 e. The Balaban J connectivity index is 1.75. The molecule has 0 aromatic heterocycles. The summed E-state index contributed by atoms with van der Waals surface area (Å²) in [6.45, 7) is 4.26. The van der Waals surface area contributed by atoms with Gasteiger partial charge in [-0.25, -0.2) is 4.79 Å². The number of carboxylic acids is 1. The van der Waals surface area contributed by atoms with Gasteiger partial charge >= 0.3 is 5.97 Å². The number of carbonyl (C=O) groups is 1. The molecule has 0 amide bonds. The number of nitrogens with one attached hydrogen (secondary N) is 1. The van der Waals surface area contributed by atoms with Crippen LogP contribution in [-0.2, 0) is 6.42 Å². The normalized spacial score (nSPS) is 22.0. The predicted octanol–water partition coefficient (Wildman–Crippen LogP) is 5.47. The van der Waals surface area contributed by atoms with Gasteiger partial charge in [0.25, 0.3) is 0 Å². The minimum Gasteiger partial charge on any atom is -0.478 e. The van der Waals surface area contributed by atoms with Crippen molar-refractivity contribution < 1.29 is 9.90 Å². The molecule has 1 heterocycles. The Bertz CT molecular complexity index is 1100. The van der Waals surface area contributed by atoms with Gasteiger partial charge in [-0.15, -0.1) is 0 Å². The van der Waals surface area contributed by atoms with Crippen LogP contribution in [0.25, 0.3) is 0 Å². The van der Waals surface area contributed by atoms with Crippen LogP contribution in [0, 0.1) is 19.8 Å². The van der Waals surface area contributed by atoms with E-state index in [1.165, 1.54) is 27.8 Å². The average molecular weight is 369 g/mol. The molecule has 0 unspecified atom stereocenters. The molecule has 0 spiro atoms. The minimum atomic E-state index is -0.881. The summed E-state index contributed by atoms with van der Waals surface area (Å²) < 4.78 is 0. The van der Waals surface area contributed by atoms with Crippen LogP contribution in [-0.4, -0.2) is 11.1 Å². The maximum atomic E-state index is 11.9. The number of anilines is 1. The smallest absolute Gasteiger partial charge is 0.337 e. The Labute approximate surface area is 165 Å². The molecule has 3 nitrogen and oxygen atoms in total. The average Bonchev–Trinajstić information content (AvgIpc) is 3.08. The third kappa shape index (κ3) is 2.46. The minimum absolute atomic E-state index is 0.0882. The van der Waals surface area contributed by atoms with Crippen molar-refractivity contribution >= 4 is 11.7 Å². The molecule has 2 N–H and O–H groups in total. The van der Waals surface area contributed by atoms with Crippen LogP contribution in [0.5, 0.6) is 0 Å². The molecule has 3 heteroatoms. The molecular formula is C25H23NO2. The van der Waals surface area contributed by atoms with E-state index in [0.717, 1.165) is 17.7 Å². The fraction of sp³-hybridized carbons (Fsp3) is 0.240. The molecule has 3 atom stereocenters. The summed E-state index contributed by atoms with van der Waals surface area (Å²) in [5, 5.41) is 13.4. The number of carboxylic acid groups (broad SMARTS) is 1. The second-order valence-electron chi connectivity index (χ2n) is 8.10. The zero-order valence-electron chi connectivity index (χ0n) is 16.1. The lowest BCUT2D eigenvalue weighted by atomic mass is 9.74. The molecule has 1 aliphatic heterocycles. The second-order valence-corrected chi connectivity index (χ2v) is 8.10. The number of benzene rings is 3. The summed E-state index contributed by atoms with van der Waals surface area (Å²) in [6, 6.07) is 20.9. The van der Waals surface area contributed by atoms with Crippen molar-refractivity contribution in [3.05, 3.63) is 99.6 Å². The highest BCUT2D eigenvalue weighted by Crippen LogP contribution is 2.54. The number of hydrogen-bond acceptors (Lipinski definition) is 2. The number of para-hydroxylation sites is 1. The lowest BCUT2D eigenvalue weighted by Crippen LogP contribution is -2.32. The zero-order chi connectivity index (χ0) is 19.4. The lowest BCUT2D eigenvalue weighted by molar-refractivity contribution is 0.0697. The van der Waals surface area contributed by atoms with Gasteiger partial charge < -0.3 is 10.4 Å². The first-order valence-electron chi connectivity index (χ1n) is 9.82. The molecule has 140 valence electrons. The van der Waals surface area contributed by atoms with Gasteiger partial charge in [-0.2, -0.15) is 0 Å². The third-order valence-corrected chi connectivity index (χ3v) is 6.43. The summed E-state index contributed by atoms with van der Waals surface area (Å²) in [5.41, 5.74) is 8.71. The maximum absolute atomic E-state index is 11.9. The van der Waals surface area contributed by atoms with Crippen molar-refractivity contribution in [2.75, 3.05) is 5.32 Å². The first kappa shape index (κ1) is 17.1. The van der Waals surface area contributed by atoms with E-state index in [1.807, 2.05) is 6.07 Å². The molecule has 0 fully saturated rings. The fourth-order valence-electron chi connectivity index (χ4n) is 5.17. The molecular weight excluding hydrogens is 346 g/mol. The zero-order valence-corrected chi connectivity index (χ0v) is 16.1. The van der Waals surface area contributed by atoms with Crippen LogP contribution in [0.4, 0.5) is 5.69 Å². The Hall–Kier alpha value is -3.07. The third-order valence-electron chi connectivity index (χ3n) is 6.43. The first-order chi connectivity index (χ1) is 13.5. The van der Waals surface area contributed by atoms with Crippen molar-refractivity contribution in [1.29, 1.82) is 0 Å². The Morgan fingerprint density at radius 3 is 2.57 bits per heavy atom. The SMILES string of the molecule is Cc1ccc(C)c([C@@H]2Nc3c(C(=O)O)cccc3[C@H]3c4ccccc4C[C@@H]32)c1. The van der Waals surface area contributed by atoms with Crippen molar-refractivity contribution in [3.8, 4) is 0 Å². The molecule has 0 saturated carbocycles. The van der Waals surface area contributed by atoms with E-state index in [9.17, 15) is 9.90 Å². The van der Waals surface area contributed by atoms with Crippen molar-refractivity contribution in [1.82, 2.24) is 0 Å². The van der Waals surface area contributed by atoms with Crippen molar-refractivity contribution in [2.45, 2.75) is 32.2 Å². The summed E-state index contributed by atoms with van der Waals surface area (Å²) >= 11 is 0. The Kier molecular flexibility index (Phi) is 3.80. The highest BCUT2D eigenvalue weighted by molar-refractivity contribution is 5.96. The van der Waals surface area contributed by atoms with Gasteiger partial charge in [-0.05, 0) is 60.1 Å². The summed E-state index contributed by atoms with van der Waals surface area (Å²) in [7, 11) is 0. The molecule has 1 aliphatic carbocycles. The van der Waals surface area contributed by atoms with Crippen LogP contribution in [0.3, 0.4) is 0 Å². The molecule has 28 heavy (non-hydrogen) atoms. The Morgan fingerprint density at radius 1 is 0.964 bits per heavy atom. The van der Waals surface area contributed by atoms with E-state index in [1.54, 1.807) is 6.07 Å². The lowest BCUT2D eigenvalue weighted by Gasteiger charge is -2.39. The molecule has 2 aliphatic rings. The van der Waals surface area contributed by atoms with E-state index in [0.29, 0.717) is 11.5 Å². The Morgan fingerprint density at radius 2 is 1.75 bits per heavy atom. The van der Waals surface area contributed by atoms with Crippen molar-refractivity contribution in [2.24, 2.45) is 5.92 Å². The summed E-state index contributed by atoms with van der Waals surface area (Å²) in [4.78, 5) is 11.9. The van der Waals surface area contributed by atoms with Gasteiger partial charge in [0.15, 0.2) is 0 Å². The summed E-state index contributed by atoms with van der Waals surface area (Å²) in [5.74, 6) is -0.292. The number of fused-ring (bicyclic) bond motifs is 5.